The summed E-state index contributed by atoms with van der Waals surface area (Å²) in [4.78, 5) is 32.4. The molecule has 32 heavy (non-hydrogen) atoms. The van der Waals surface area contributed by atoms with E-state index in [1.165, 1.54) is 6.20 Å². The Morgan fingerprint density at radius 1 is 1.22 bits per heavy atom. The zero-order valence-corrected chi connectivity index (χ0v) is 18.5. The van der Waals surface area contributed by atoms with Crippen LogP contribution in [0.25, 0.3) is 0 Å². The number of carbonyl (C=O) groups excluding carboxylic acids is 2. The zero-order valence-electron chi connectivity index (χ0n) is 18.5. The van der Waals surface area contributed by atoms with Crippen molar-refractivity contribution < 1.29 is 23.8 Å². The Morgan fingerprint density at radius 2 is 2.06 bits per heavy atom. The summed E-state index contributed by atoms with van der Waals surface area (Å²) in [6, 6.07) is 7.49. The number of benzene rings is 1. The van der Waals surface area contributed by atoms with Crippen LogP contribution in [0, 0.1) is 5.92 Å². The third kappa shape index (κ3) is 3.03. The zero-order chi connectivity index (χ0) is 22.5. The molecule has 1 aromatic heterocycles. The first kappa shape index (κ1) is 20.7. The van der Waals surface area contributed by atoms with Gasteiger partial charge in [0.2, 0.25) is 0 Å². The van der Waals surface area contributed by atoms with Crippen molar-refractivity contribution in [2.45, 2.75) is 30.7 Å². The van der Waals surface area contributed by atoms with Crippen molar-refractivity contribution in [2.24, 2.45) is 5.92 Å². The molecule has 0 spiro atoms. The number of ether oxygens (including phenoxy) is 3. The first-order chi connectivity index (χ1) is 15.5. The highest BCUT2D eigenvalue weighted by atomic mass is 16.6. The molecule has 0 radical (unpaired) electrons. The normalized spacial score (nSPS) is 26.5. The van der Waals surface area contributed by atoms with E-state index in [1.54, 1.807) is 32.5 Å². The van der Waals surface area contributed by atoms with E-state index in [2.05, 4.69) is 16.9 Å². The van der Waals surface area contributed by atoms with E-state index >= 15 is 0 Å². The summed E-state index contributed by atoms with van der Waals surface area (Å²) in [6.07, 6.45) is 6.97. The van der Waals surface area contributed by atoms with Gasteiger partial charge in [-0.2, -0.15) is 0 Å². The molecule has 0 saturated carbocycles. The molecule has 1 aliphatic heterocycles. The summed E-state index contributed by atoms with van der Waals surface area (Å²) in [5.74, 6) is 0.875. The third-order valence-corrected chi connectivity index (χ3v) is 7.28. The van der Waals surface area contributed by atoms with Gasteiger partial charge in [0, 0.05) is 41.8 Å². The van der Waals surface area contributed by atoms with Crippen molar-refractivity contribution in [2.75, 3.05) is 27.8 Å². The molecule has 3 atom stereocenters. The first-order valence-corrected chi connectivity index (χ1v) is 10.8. The van der Waals surface area contributed by atoms with Gasteiger partial charge in [0.1, 0.15) is 0 Å². The Morgan fingerprint density at radius 3 is 2.78 bits per heavy atom. The highest BCUT2D eigenvalue weighted by Crippen LogP contribution is 2.58. The van der Waals surface area contributed by atoms with E-state index in [4.69, 9.17) is 14.2 Å². The van der Waals surface area contributed by atoms with Crippen LogP contribution in [-0.4, -0.2) is 55.5 Å². The number of pyridine rings is 1. The molecular weight excluding hydrogens is 408 g/mol. The number of likely N-dealkylation sites (tertiary alicyclic amines) is 1. The van der Waals surface area contributed by atoms with Gasteiger partial charge in [-0.25, -0.2) is 4.79 Å². The molecule has 0 unspecified atom stereocenters. The number of hydrogen-bond donors (Lipinski definition) is 0. The number of likely N-dealkylation sites (N-methyl/N-ethyl adjacent to an activating group) is 1. The number of ketones is 1. The van der Waals surface area contributed by atoms with Gasteiger partial charge in [0.05, 0.1) is 19.8 Å². The topological polar surface area (TPSA) is 78.0 Å². The lowest BCUT2D eigenvalue weighted by atomic mass is 9.53. The van der Waals surface area contributed by atoms with E-state index < -0.39 is 11.4 Å². The standard InChI is InChI=1S/C25H26N2O5/c1-27-10-8-25-13-19(28)21(31-3)12-17(25)18(27)11-15-6-7-20(30-2)23(22(15)25)32-24(29)16-5-4-9-26-14-16/h4-7,9,12,14,17-18H,8,10-11,13H2,1-3H3/t17-,18+,25-/m1/s1. The maximum absolute atomic E-state index is 13.0. The summed E-state index contributed by atoms with van der Waals surface area (Å²) in [5, 5.41) is 0. The lowest BCUT2D eigenvalue weighted by Crippen LogP contribution is -2.60. The van der Waals surface area contributed by atoms with E-state index in [-0.39, 0.29) is 17.7 Å². The van der Waals surface area contributed by atoms with Gasteiger partial charge in [-0.1, -0.05) is 6.07 Å². The number of hydrogen-bond acceptors (Lipinski definition) is 7. The Labute approximate surface area is 187 Å². The van der Waals surface area contributed by atoms with Crippen molar-refractivity contribution >= 4 is 11.8 Å². The maximum atomic E-state index is 13.0. The number of esters is 1. The second-order valence-corrected chi connectivity index (χ2v) is 8.78. The van der Waals surface area contributed by atoms with Gasteiger partial charge in [-0.15, -0.1) is 0 Å². The average molecular weight is 434 g/mol. The van der Waals surface area contributed by atoms with Gasteiger partial charge in [-0.05, 0) is 56.3 Å². The van der Waals surface area contributed by atoms with Gasteiger partial charge in [0.15, 0.2) is 23.0 Å². The molecular formula is C25H26N2O5. The average Bonchev–Trinajstić information content (AvgIpc) is 2.81. The van der Waals surface area contributed by atoms with Crippen LogP contribution in [-0.2, 0) is 21.4 Å². The SMILES string of the molecule is COC1=C[C@@H]2[C@@H]3Cc4ccc(OC)c(OC(=O)c5cccnc5)c4[C@]2(CCN3C)CC1=O. The number of carbonyl (C=O) groups is 2. The fourth-order valence-electron chi connectivity index (χ4n) is 5.74. The number of fused-ring (bicyclic) bond motifs is 1. The van der Waals surface area contributed by atoms with Gasteiger partial charge in [0.25, 0.3) is 0 Å². The predicted octanol–water partition coefficient (Wildman–Crippen LogP) is 2.93. The monoisotopic (exact) mass is 434 g/mol. The fourth-order valence-corrected chi connectivity index (χ4v) is 5.74. The van der Waals surface area contributed by atoms with Crippen LogP contribution in [0.15, 0.2) is 48.5 Å². The molecule has 166 valence electrons. The van der Waals surface area contributed by atoms with Crippen molar-refractivity contribution in [1.82, 2.24) is 9.88 Å². The van der Waals surface area contributed by atoms with Crippen LogP contribution in [0.3, 0.4) is 0 Å². The predicted molar refractivity (Wildman–Crippen MR) is 117 cm³/mol. The number of aromatic nitrogens is 1. The second-order valence-electron chi connectivity index (χ2n) is 8.78. The quantitative estimate of drug-likeness (QED) is 0.541. The Hall–Kier alpha value is -3.19. The summed E-state index contributed by atoms with van der Waals surface area (Å²) >= 11 is 0. The highest BCUT2D eigenvalue weighted by molar-refractivity contribution is 5.96. The number of Topliss-reactive ketones (excluding diaryl/α,β-unsaturated/α-hetero) is 1. The molecule has 2 bridgehead atoms. The lowest BCUT2D eigenvalue weighted by Gasteiger charge is -2.56. The van der Waals surface area contributed by atoms with E-state index in [0.29, 0.717) is 29.2 Å². The van der Waals surface area contributed by atoms with Crippen molar-refractivity contribution in [3.8, 4) is 11.5 Å². The third-order valence-electron chi connectivity index (χ3n) is 7.28. The van der Waals surface area contributed by atoms with Crippen LogP contribution < -0.4 is 9.47 Å². The van der Waals surface area contributed by atoms with E-state index in [9.17, 15) is 9.59 Å². The molecule has 1 fully saturated rings. The number of allylic oxidation sites excluding steroid dienone is 1. The van der Waals surface area contributed by atoms with Crippen LogP contribution in [0.4, 0.5) is 0 Å². The van der Waals surface area contributed by atoms with E-state index in [0.717, 1.165) is 30.5 Å². The molecule has 7 heteroatoms. The van der Waals surface area contributed by atoms with Crippen molar-refractivity contribution in [1.29, 1.82) is 0 Å². The minimum atomic E-state index is -0.497. The molecule has 3 aliphatic rings. The summed E-state index contributed by atoms with van der Waals surface area (Å²) in [6.45, 7) is 0.858. The fraction of sp³-hybridized carbons (Fsp3) is 0.400. The second kappa shape index (κ2) is 7.74. The highest BCUT2D eigenvalue weighted by Gasteiger charge is 2.56. The van der Waals surface area contributed by atoms with Crippen LogP contribution in [0.5, 0.6) is 11.5 Å². The van der Waals surface area contributed by atoms with Crippen LogP contribution in [0.1, 0.15) is 34.3 Å². The summed E-state index contributed by atoms with van der Waals surface area (Å²) in [7, 11) is 5.23. The molecule has 2 aliphatic carbocycles. The molecule has 7 nitrogen and oxygen atoms in total. The Bertz CT molecular complexity index is 1110. The Kier molecular flexibility index (Phi) is 5.01. The van der Waals surface area contributed by atoms with Gasteiger partial charge in [-0.3, -0.25) is 9.78 Å². The largest absolute Gasteiger partial charge is 0.493 e. The minimum absolute atomic E-state index is 0.0211. The van der Waals surface area contributed by atoms with Gasteiger partial charge >= 0.3 is 5.97 Å². The summed E-state index contributed by atoms with van der Waals surface area (Å²) < 4.78 is 17.0. The van der Waals surface area contributed by atoms with Gasteiger partial charge < -0.3 is 19.1 Å². The Balaban J connectivity index is 1.69. The van der Waals surface area contributed by atoms with E-state index in [1.807, 2.05) is 18.2 Å². The lowest BCUT2D eigenvalue weighted by molar-refractivity contribution is -0.122. The molecule has 1 aromatic carbocycles. The number of rotatable bonds is 4. The first-order valence-electron chi connectivity index (χ1n) is 10.8. The molecule has 0 N–H and O–H groups in total. The molecule has 2 aromatic rings. The van der Waals surface area contributed by atoms with Crippen LogP contribution in [0.2, 0.25) is 0 Å². The van der Waals surface area contributed by atoms with Crippen molar-refractivity contribution in [3.05, 3.63) is 65.2 Å². The molecule has 0 amide bonds. The molecule has 2 heterocycles. The van der Waals surface area contributed by atoms with Crippen molar-refractivity contribution in [3.63, 3.8) is 0 Å². The molecule has 5 rings (SSSR count). The number of piperidine rings is 1. The molecule has 1 saturated heterocycles. The maximum Gasteiger partial charge on any atom is 0.345 e. The number of methoxy groups -OCH3 is 2. The van der Waals surface area contributed by atoms with Crippen LogP contribution >= 0.6 is 0 Å². The number of nitrogens with zero attached hydrogens (tertiary/aromatic N) is 2. The smallest absolute Gasteiger partial charge is 0.345 e. The summed E-state index contributed by atoms with van der Waals surface area (Å²) in [5.41, 5.74) is 1.90. The minimum Gasteiger partial charge on any atom is -0.493 e.